The second-order valence-electron chi connectivity index (χ2n) is 3.16. The van der Waals surface area contributed by atoms with Gasteiger partial charge in [-0.25, -0.2) is 0 Å². The van der Waals surface area contributed by atoms with E-state index in [0.29, 0.717) is 6.61 Å². The van der Waals surface area contributed by atoms with Crippen molar-refractivity contribution in [1.82, 2.24) is 0 Å². The van der Waals surface area contributed by atoms with Crippen LogP contribution in [0.4, 0.5) is 0 Å². The molecule has 7 heteroatoms. The fourth-order valence-corrected chi connectivity index (χ4v) is 0.563. The highest BCUT2D eigenvalue weighted by Gasteiger charge is 1.93. The van der Waals surface area contributed by atoms with Gasteiger partial charge in [-0.2, -0.15) is 0 Å². The van der Waals surface area contributed by atoms with Gasteiger partial charge in [0.15, 0.2) is 0 Å². The first-order valence-electron chi connectivity index (χ1n) is 5.76. The Morgan fingerprint density at radius 2 is 1.32 bits per heavy atom. The first-order valence-corrected chi connectivity index (χ1v) is 8.00. The third kappa shape index (κ3) is 46.5. The summed E-state index contributed by atoms with van der Waals surface area (Å²) in [6.45, 7) is 6.42. The molecule has 0 unspecified atom stereocenters. The van der Waals surface area contributed by atoms with Gasteiger partial charge in [-0.1, -0.05) is 45.2 Å². The molecule has 0 N–H and O–H groups in total. The molecule has 0 amide bonds. The molecule has 114 valence electrons. The molecule has 0 saturated carbocycles. The first-order chi connectivity index (χ1) is 8.81. The van der Waals surface area contributed by atoms with E-state index in [-0.39, 0.29) is 5.97 Å². The average Bonchev–Trinajstić information content (AvgIpc) is 2.28. The fourth-order valence-electron chi connectivity index (χ4n) is 0.563. The molecule has 0 spiro atoms. The van der Waals surface area contributed by atoms with Crippen molar-refractivity contribution in [2.45, 2.75) is 40.5 Å². The molecule has 0 atom stereocenters. The molecular weight excluding hydrogens is 384 g/mol. The van der Waals surface area contributed by atoms with Crippen molar-refractivity contribution < 1.29 is 23.9 Å². The minimum atomic E-state index is -0.562. The lowest BCUT2D eigenvalue weighted by Gasteiger charge is -1.96. The summed E-state index contributed by atoms with van der Waals surface area (Å²) < 4.78 is 8.62. The van der Waals surface area contributed by atoms with Crippen molar-refractivity contribution in [2.75, 3.05) is 17.3 Å². The molecule has 0 aliphatic carbocycles. The summed E-state index contributed by atoms with van der Waals surface area (Å²) in [6.07, 6.45) is 2.05. The van der Waals surface area contributed by atoms with Crippen LogP contribution in [0.15, 0.2) is 0 Å². The predicted octanol–water partition coefficient (Wildman–Crippen LogP) is 3.22. The number of alkyl halides is 2. The number of ether oxygens (including phenoxy) is 2. The van der Waals surface area contributed by atoms with Crippen molar-refractivity contribution >= 4 is 49.8 Å². The van der Waals surface area contributed by atoms with E-state index < -0.39 is 11.9 Å². The van der Waals surface area contributed by atoms with E-state index in [4.69, 9.17) is 0 Å². The lowest BCUT2D eigenvalue weighted by Crippen LogP contribution is -2.03. The smallest absolute Gasteiger partial charge is 0.310 e. The van der Waals surface area contributed by atoms with Crippen molar-refractivity contribution in [3.05, 3.63) is 0 Å². The van der Waals surface area contributed by atoms with Crippen LogP contribution in [0.5, 0.6) is 0 Å². The van der Waals surface area contributed by atoms with Gasteiger partial charge in [0, 0.05) is 31.4 Å². The number of hydrogen-bond donors (Lipinski definition) is 0. The lowest BCUT2D eigenvalue weighted by molar-refractivity contribution is -0.156. The molecule has 0 saturated heterocycles. The minimum absolute atomic E-state index is 0.182. The Balaban J connectivity index is -0.000000214. The van der Waals surface area contributed by atoms with Gasteiger partial charge in [0.1, 0.15) is 0 Å². The second kappa shape index (κ2) is 19.9. The van der Waals surface area contributed by atoms with Gasteiger partial charge in [-0.05, 0) is 6.42 Å². The summed E-state index contributed by atoms with van der Waals surface area (Å²) in [6, 6.07) is 0. The highest BCUT2D eigenvalue weighted by Crippen LogP contribution is 1.86. The monoisotopic (exact) mass is 404 g/mol. The van der Waals surface area contributed by atoms with Crippen LogP contribution in [-0.4, -0.2) is 35.2 Å². The van der Waals surface area contributed by atoms with E-state index in [9.17, 15) is 14.4 Å². The van der Waals surface area contributed by atoms with Gasteiger partial charge in [-0.3, -0.25) is 14.4 Å². The average molecular weight is 406 g/mol. The molecule has 19 heavy (non-hydrogen) atoms. The Morgan fingerprint density at radius 3 is 1.47 bits per heavy atom. The number of esters is 3. The van der Waals surface area contributed by atoms with Crippen LogP contribution in [0, 0.1) is 0 Å². The number of halogens is 2. The van der Waals surface area contributed by atoms with Crippen LogP contribution >= 0.6 is 31.9 Å². The second-order valence-corrected chi connectivity index (χ2v) is 4.74. The first kappa shape index (κ1) is 23.6. The Bertz CT molecular complexity index is 230. The van der Waals surface area contributed by atoms with E-state index in [1.807, 2.05) is 0 Å². The van der Waals surface area contributed by atoms with Crippen molar-refractivity contribution in [2.24, 2.45) is 0 Å². The maximum atomic E-state index is 10.1. The SMILES string of the molecule is BrCCBr.CC(=O)OC(C)=O.CCCCOC(C)=O. The third-order valence-electron chi connectivity index (χ3n) is 1.16. The van der Waals surface area contributed by atoms with Crippen LogP contribution < -0.4 is 0 Å². The van der Waals surface area contributed by atoms with Gasteiger partial charge in [-0.15, -0.1) is 0 Å². The highest BCUT2D eigenvalue weighted by atomic mass is 79.9. The van der Waals surface area contributed by atoms with Gasteiger partial charge in [0.2, 0.25) is 0 Å². The Morgan fingerprint density at radius 1 is 0.895 bits per heavy atom. The topological polar surface area (TPSA) is 69.7 Å². The van der Waals surface area contributed by atoms with E-state index in [1.54, 1.807) is 0 Å². The summed E-state index contributed by atoms with van der Waals surface area (Å²) in [5, 5.41) is 2.10. The quantitative estimate of drug-likeness (QED) is 0.311. The minimum Gasteiger partial charge on any atom is -0.466 e. The van der Waals surface area contributed by atoms with Gasteiger partial charge < -0.3 is 9.47 Å². The Hall–Kier alpha value is -0.430. The molecule has 0 aromatic heterocycles. The number of hydrogen-bond acceptors (Lipinski definition) is 5. The van der Waals surface area contributed by atoms with E-state index in [2.05, 4.69) is 48.3 Å². The van der Waals surface area contributed by atoms with Gasteiger partial charge >= 0.3 is 17.9 Å². The van der Waals surface area contributed by atoms with Gasteiger partial charge in [0.25, 0.3) is 0 Å². The highest BCUT2D eigenvalue weighted by molar-refractivity contribution is 9.11. The molecule has 5 nitrogen and oxygen atoms in total. The van der Waals surface area contributed by atoms with Crippen molar-refractivity contribution in [3.8, 4) is 0 Å². The predicted molar refractivity (Wildman–Crippen MR) is 81.6 cm³/mol. The van der Waals surface area contributed by atoms with Crippen LogP contribution in [0.1, 0.15) is 40.5 Å². The summed E-state index contributed by atoms with van der Waals surface area (Å²) in [4.78, 5) is 29.7. The molecule has 0 heterocycles. The van der Waals surface area contributed by atoms with E-state index >= 15 is 0 Å². The van der Waals surface area contributed by atoms with Crippen LogP contribution in [-0.2, 0) is 23.9 Å². The molecule has 0 aromatic carbocycles. The molecule has 0 fully saturated rings. The van der Waals surface area contributed by atoms with Crippen molar-refractivity contribution in [1.29, 1.82) is 0 Å². The standard InChI is InChI=1S/C6H12O2.C4H6O3.C2H4Br2/c1-3-4-5-8-6(2)7;1-3(5)7-4(2)6;3-1-2-4/h3-5H2,1-2H3;1-2H3;1-2H2. The van der Waals surface area contributed by atoms with Crippen molar-refractivity contribution in [3.63, 3.8) is 0 Å². The maximum Gasteiger partial charge on any atom is 0.310 e. The van der Waals surface area contributed by atoms with Crippen LogP contribution in [0.25, 0.3) is 0 Å². The van der Waals surface area contributed by atoms with E-state index in [0.717, 1.165) is 23.5 Å². The molecule has 0 radical (unpaired) electrons. The Labute approximate surface area is 131 Å². The molecular formula is C12H22Br2O5. The third-order valence-corrected chi connectivity index (χ3v) is 3.02. The molecule has 0 aliphatic heterocycles. The number of carbonyl (C=O) groups excluding carboxylic acids is 3. The summed E-state index contributed by atoms with van der Waals surface area (Å²) in [7, 11) is 0. The zero-order chi connectivity index (χ0) is 15.7. The summed E-state index contributed by atoms with van der Waals surface area (Å²) in [5.74, 6) is -1.31. The Kier molecular flexibility index (Phi) is 24.8. The van der Waals surface area contributed by atoms with Gasteiger partial charge in [0.05, 0.1) is 6.61 Å². The largest absolute Gasteiger partial charge is 0.466 e. The molecule has 0 bridgehead atoms. The number of unbranched alkanes of at least 4 members (excludes halogenated alkanes) is 1. The molecule has 0 aliphatic rings. The molecule has 0 rings (SSSR count). The maximum absolute atomic E-state index is 10.1. The lowest BCUT2D eigenvalue weighted by atomic mass is 10.4. The number of carbonyl (C=O) groups is 3. The molecule has 0 aromatic rings. The summed E-state index contributed by atoms with van der Waals surface area (Å²) >= 11 is 6.40. The summed E-state index contributed by atoms with van der Waals surface area (Å²) in [5.41, 5.74) is 0. The van der Waals surface area contributed by atoms with Crippen LogP contribution in [0.3, 0.4) is 0 Å². The van der Waals surface area contributed by atoms with E-state index in [1.165, 1.54) is 20.8 Å². The zero-order valence-electron chi connectivity index (χ0n) is 11.8. The normalized spacial score (nSPS) is 8.11. The van der Waals surface area contributed by atoms with Crippen LogP contribution in [0.2, 0.25) is 0 Å². The number of rotatable bonds is 4. The zero-order valence-corrected chi connectivity index (χ0v) is 15.0. The fraction of sp³-hybridized carbons (Fsp3) is 0.750.